The van der Waals surface area contributed by atoms with E-state index in [-0.39, 0.29) is 0 Å². The molecule has 1 N–H and O–H groups in total. The molecule has 21 heavy (non-hydrogen) atoms. The monoisotopic (exact) mass is 290 g/mol. The van der Waals surface area contributed by atoms with E-state index in [2.05, 4.69) is 46.1 Å². The summed E-state index contributed by atoms with van der Waals surface area (Å²) in [4.78, 5) is 7.04. The molecule has 2 aliphatic rings. The van der Waals surface area contributed by atoms with Crippen LogP contribution in [0, 0.1) is 5.92 Å². The molecule has 0 amide bonds. The van der Waals surface area contributed by atoms with E-state index >= 15 is 0 Å². The minimum Gasteiger partial charge on any atom is -0.334 e. The van der Waals surface area contributed by atoms with Crippen molar-refractivity contribution in [3.05, 3.63) is 18.2 Å². The van der Waals surface area contributed by atoms with Gasteiger partial charge in [-0.2, -0.15) is 0 Å². The molecule has 4 heteroatoms. The third kappa shape index (κ3) is 3.32. The van der Waals surface area contributed by atoms with Gasteiger partial charge in [-0.1, -0.05) is 13.8 Å². The quantitative estimate of drug-likeness (QED) is 0.923. The molecule has 0 saturated carbocycles. The average molecular weight is 290 g/mol. The lowest BCUT2D eigenvalue weighted by atomic mass is 9.78. The van der Waals surface area contributed by atoms with Crippen LogP contribution in [-0.4, -0.2) is 47.2 Å². The van der Waals surface area contributed by atoms with E-state index < -0.39 is 0 Å². The van der Waals surface area contributed by atoms with E-state index in [0.717, 1.165) is 25.6 Å². The predicted octanol–water partition coefficient (Wildman–Crippen LogP) is 2.26. The standard InChI is InChI=1S/C17H30N4/c1-3-20-10-4-15(5-11-20)13-21-14-19-12-16(21)17(2)6-8-18-9-7-17/h12,14-15,18H,3-11,13H2,1-2H3. The second-order valence-electron chi connectivity index (χ2n) is 7.12. The number of nitrogens with zero attached hydrogens (tertiary/aromatic N) is 3. The molecule has 0 aromatic carbocycles. The first-order valence-corrected chi connectivity index (χ1v) is 8.65. The fourth-order valence-corrected chi connectivity index (χ4v) is 3.97. The Morgan fingerprint density at radius 3 is 2.67 bits per heavy atom. The van der Waals surface area contributed by atoms with Crippen LogP contribution in [0.3, 0.4) is 0 Å². The number of hydrogen-bond donors (Lipinski definition) is 1. The minimum absolute atomic E-state index is 0.311. The Morgan fingerprint density at radius 2 is 2.00 bits per heavy atom. The van der Waals surface area contributed by atoms with Crippen molar-refractivity contribution in [2.75, 3.05) is 32.7 Å². The number of nitrogens with one attached hydrogen (secondary N) is 1. The molecular weight excluding hydrogens is 260 g/mol. The summed E-state index contributed by atoms with van der Waals surface area (Å²) < 4.78 is 2.46. The maximum Gasteiger partial charge on any atom is 0.0948 e. The molecule has 0 radical (unpaired) electrons. The van der Waals surface area contributed by atoms with Crippen molar-refractivity contribution in [2.45, 2.75) is 51.5 Å². The van der Waals surface area contributed by atoms with Crippen LogP contribution in [0.1, 0.15) is 45.2 Å². The van der Waals surface area contributed by atoms with E-state index in [4.69, 9.17) is 0 Å². The van der Waals surface area contributed by atoms with Gasteiger partial charge in [0, 0.05) is 23.9 Å². The molecule has 2 aliphatic heterocycles. The van der Waals surface area contributed by atoms with Gasteiger partial charge in [-0.15, -0.1) is 0 Å². The number of likely N-dealkylation sites (tertiary alicyclic amines) is 1. The van der Waals surface area contributed by atoms with E-state index in [9.17, 15) is 0 Å². The Kier molecular flexibility index (Phi) is 4.65. The molecule has 0 atom stereocenters. The number of rotatable bonds is 4. The van der Waals surface area contributed by atoms with E-state index in [1.807, 2.05) is 0 Å². The number of piperidine rings is 2. The van der Waals surface area contributed by atoms with E-state index in [1.54, 1.807) is 0 Å². The summed E-state index contributed by atoms with van der Waals surface area (Å²) in [6, 6.07) is 0. The summed E-state index contributed by atoms with van der Waals surface area (Å²) in [6.07, 6.45) is 9.31. The molecule has 0 bridgehead atoms. The van der Waals surface area contributed by atoms with Gasteiger partial charge in [0.15, 0.2) is 0 Å². The minimum atomic E-state index is 0.311. The fourth-order valence-electron chi connectivity index (χ4n) is 3.97. The maximum absolute atomic E-state index is 4.47. The molecule has 4 nitrogen and oxygen atoms in total. The van der Waals surface area contributed by atoms with Crippen molar-refractivity contribution in [3.8, 4) is 0 Å². The zero-order chi connectivity index (χ0) is 14.7. The van der Waals surface area contributed by atoms with Crippen molar-refractivity contribution >= 4 is 0 Å². The van der Waals surface area contributed by atoms with Crippen LogP contribution in [0.2, 0.25) is 0 Å². The lowest BCUT2D eigenvalue weighted by Gasteiger charge is -2.36. The zero-order valence-corrected chi connectivity index (χ0v) is 13.6. The summed E-state index contributed by atoms with van der Waals surface area (Å²) in [5, 5.41) is 3.48. The first-order valence-electron chi connectivity index (χ1n) is 8.65. The molecule has 1 aromatic heterocycles. The Hall–Kier alpha value is -0.870. The van der Waals surface area contributed by atoms with Gasteiger partial charge >= 0.3 is 0 Å². The van der Waals surface area contributed by atoms with Crippen LogP contribution >= 0.6 is 0 Å². The largest absolute Gasteiger partial charge is 0.334 e. The van der Waals surface area contributed by atoms with Gasteiger partial charge in [-0.05, 0) is 64.3 Å². The molecule has 118 valence electrons. The molecule has 2 fully saturated rings. The highest BCUT2D eigenvalue weighted by Crippen LogP contribution is 2.33. The molecule has 3 rings (SSSR count). The Labute approximate surface area is 128 Å². The SMILES string of the molecule is CCN1CCC(Cn2cncc2C2(C)CCNCC2)CC1. The van der Waals surface area contributed by atoms with Crippen molar-refractivity contribution in [2.24, 2.45) is 5.92 Å². The summed E-state index contributed by atoms with van der Waals surface area (Å²) in [5.41, 5.74) is 1.77. The van der Waals surface area contributed by atoms with Crippen LogP contribution in [0.15, 0.2) is 12.5 Å². The van der Waals surface area contributed by atoms with Gasteiger partial charge in [-0.25, -0.2) is 4.98 Å². The Bertz CT molecular complexity index is 439. The summed E-state index contributed by atoms with van der Waals surface area (Å²) >= 11 is 0. The average Bonchev–Trinajstić information content (AvgIpc) is 2.98. The van der Waals surface area contributed by atoms with Gasteiger partial charge in [0.1, 0.15) is 0 Å². The van der Waals surface area contributed by atoms with Crippen LogP contribution < -0.4 is 5.32 Å². The van der Waals surface area contributed by atoms with Gasteiger partial charge < -0.3 is 14.8 Å². The van der Waals surface area contributed by atoms with Crippen molar-refractivity contribution in [1.82, 2.24) is 19.8 Å². The van der Waals surface area contributed by atoms with Gasteiger partial charge in [-0.3, -0.25) is 0 Å². The third-order valence-electron chi connectivity index (χ3n) is 5.65. The highest BCUT2D eigenvalue weighted by molar-refractivity contribution is 5.15. The number of imidazole rings is 1. The number of hydrogen-bond acceptors (Lipinski definition) is 3. The molecule has 0 aliphatic carbocycles. The normalized spacial score (nSPS) is 24.3. The smallest absolute Gasteiger partial charge is 0.0948 e. The van der Waals surface area contributed by atoms with Crippen molar-refractivity contribution < 1.29 is 0 Å². The van der Waals surface area contributed by atoms with Crippen molar-refractivity contribution in [1.29, 1.82) is 0 Å². The Balaban J connectivity index is 1.66. The molecule has 0 unspecified atom stereocenters. The van der Waals surface area contributed by atoms with Gasteiger partial charge in [0.05, 0.1) is 6.33 Å². The highest BCUT2D eigenvalue weighted by atomic mass is 15.1. The van der Waals surface area contributed by atoms with Crippen LogP contribution in [0.5, 0.6) is 0 Å². The topological polar surface area (TPSA) is 33.1 Å². The number of aromatic nitrogens is 2. The van der Waals surface area contributed by atoms with Crippen molar-refractivity contribution in [3.63, 3.8) is 0 Å². The van der Waals surface area contributed by atoms with Crippen LogP contribution in [0.4, 0.5) is 0 Å². The third-order valence-corrected chi connectivity index (χ3v) is 5.65. The van der Waals surface area contributed by atoms with Crippen LogP contribution in [-0.2, 0) is 12.0 Å². The molecule has 0 spiro atoms. The van der Waals surface area contributed by atoms with Gasteiger partial charge in [0.25, 0.3) is 0 Å². The fraction of sp³-hybridized carbons (Fsp3) is 0.824. The Morgan fingerprint density at radius 1 is 1.29 bits per heavy atom. The van der Waals surface area contributed by atoms with Crippen LogP contribution in [0.25, 0.3) is 0 Å². The van der Waals surface area contributed by atoms with E-state index in [1.165, 1.54) is 51.0 Å². The maximum atomic E-state index is 4.47. The first kappa shape index (κ1) is 15.0. The lowest BCUT2D eigenvalue weighted by Crippen LogP contribution is -2.39. The summed E-state index contributed by atoms with van der Waals surface area (Å²) in [7, 11) is 0. The molecule has 1 aromatic rings. The van der Waals surface area contributed by atoms with Gasteiger partial charge in [0.2, 0.25) is 0 Å². The second kappa shape index (κ2) is 6.49. The highest BCUT2D eigenvalue weighted by Gasteiger charge is 2.32. The first-order chi connectivity index (χ1) is 10.2. The molecule has 3 heterocycles. The molecule has 2 saturated heterocycles. The predicted molar refractivity (Wildman–Crippen MR) is 86.5 cm³/mol. The van der Waals surface area contributed by atoms with E-state index in [0.29, 0.717) is 5.41 Å². The summed E-state index contributed by atoms with van der Waals surface area (Å²) in [6.45, 7) is 11.9. The summed E-state index contributed by atoms with van der Waals surface area (Å²) in [5.74, 6) is 0.825. The second-order valence-corrected chi connectivity index (χ2v) is 7.12. The zero-order valence-electron chi connectivity index (χ0n) is 13.6. The lowest BCUT2D eigenvalue weighted by molar-refractivity contribution is 0.178. The molecular formula is C17H30N4.